The van der Waals surface area contributed by atoms with Gasteiger partial charge in [-0.1, -0.05) is 191 Å². The molecular weight excluding hydrogens is 816 g/mol. The zero-order chi connectivity index (χ0) is 46.2. The van der Waals surface area contributed by atoms with Crippen LogP contribution in [0.25, 0.3) is 0 Å². The molecule has 1 unspecified atom stereocenters. The molecule has 0 aliphatic rings. The van der Waals surface area contributed by atoms with Gasteiger partial charge in [0.15, 0.2) is 6.10 Å². The smallest absolute Gasteiger partial charge is 0.462 e. The molecule has 0 saturated heterocycles. The normalized spacial score (nSPS) is 14.0. The first-order chi connectivity index (χ1) is 30.7. The van der Waals surface area contributed by atoms with E-state index >= 15 is 0 Å². The Labute approximate surface area is 385 Å². The molecule has 63 heavy (non-hydrogen) atoms. The summed E-state index contributed by atoms with van der Waals surface area (Å²) in [6.45, 7) is 2.33. The third-order valence-electron chi connectivity index (χ3n) is 10.9. The number of rotatable bonds is 48. The summed E-state index contributed by atoms with van der Waals surface area (Å²) in [5, 5.41) is 18.4. The van der Waals surface area contributed by atoms with Crippen molar-refractivity contribution in [2.45, 2.75) is 244 Å². The van der Waals surface area contributed by atoms with Gasteiger partial charge in [-0.15, -0.1) is 0 Å². The van der Waals surface area contributed by atoms with E-state index in [-0.39, 0.29) is 19.4 Å². The monoisotopic (exact) mass is 911 g/mol. The number of phosphoric acid groups is 1. The first kappa shape index (κ1) is 60.9. The van der Waals surface area contributed by atoms with Crippen molar-refractivity contribution in [2.24, 2.45) is 0 Å². The van der Waals surface area contributed by atoms with Gasteiger partial charge in [0, 0.05) is 12.8 Å². The zero-order valence-electron chi connectivity index (χ0n) is 40.3. The summed E-state index contributed by atoms with van der Waals surface area (Å²) >= 11 is 0. The Kier molecular flexibility index (Phi) is 46.3. The minimum atomic E-state index is -4.63. The first-order valence-corrected chi connectivity index (χ1v) is 27.1. The first-order valence-electron chi connectivity index (χ1n) is 25.6. The number of allylic oxidation sites excluding steroid dienone is 8. The number of aliphatic hydroxyl groups excluding tert-OH is 2. The van der Waals surface area contributed by atoms with Crippen molar-refractivity contribution >= 4 is 19.8 Å². The highest BCUT2D eigenvalue weighted by Gasteiger charge is 2.27. The van der Waals surface area contributed by atoms with E-state index in [0.717, 1.165) is 64.2 Å². The maximum atomic E-state index is 12.7. The third-order valence-corrected chi connectivity index (χ3v) is 11.9. The number of unbranched alkanes of at least 4 members (excludes halogenated alkanes) is 26. The molecule has 0 fully saturated rings. The molecule has 0 heterocycles. The molecule has 0 aromatic heterocycles. The van der Waals surface area contributed by atoms with Crippen molar-refractivity contribution in [3.63, 3.8) is 0 Å². The summed E-state index contributed by atoms with van der Waals surface area (Å²) in [5.74, 6) is -0.979. The minimum Gasteiger partial charge on any atom is -0.462 e. The molecule has 0 aromatic rings. The van der Waals surface area contributed by atoms with Gasteiger partial charge in [0.05, 0.1) is 19.8 Å². The molecule has 0 aliphatic carbocycles. The number of aliphatic hydroxyl groups is 2. The number of esters is 2. The number of carbonyl (C=O) groups is 2. The Bertz CT molecular complexity index is 1190. The quantitative estimate of drug-likeness (QED) is 0.0233. The Morgan fingerprint density at radius 3 is 1.37 bits per heavy atom. The maximum absolute atomic E-state index is 12.7. The Morgan fingerprint density at radius 2 is 0.857 bits per heavy atom. The van der Waals surface area contributed by atoms with Crippen molar-refractivity contribution in [1.82, 2.24) is 0 Å². The summed E-state index contributed by atoms with van der Waals surface area (Å²) in [4.78, 5) is 35.1. The van der Waals surface area contributed by atoms with Gasteiger partial charge in [0.1, 0.15) is 12.7 Å². The van der Waals surface area contributed by atoms with Crippen LogP contribution >= 0.6 is 7.82 Å². The van der Waals surface area contributed by atoms with E-state index in [1.54, 1.807) is 0 Å². The molecule has 3 atom stereocenters. The number of ether oxygens (including phenoxy) is 2. The van der Waals surface area contributed by atoms with Crippen molar-refractivity contribution in [3.8, 4) is 0 Å². The summed E-state index contributed by atoms with van der Waals surface area (Å²) in [5.41, 5.74) is 0. The van der Waals surface area contributed by atoms with Gasteiger partial charge in [0.2, 0.25) is 0 Å². The molecule has 0 saturated carbocycles. The van der Waals surface area contributed by atoms with E-state index in [9.17, 15) is 24.2 Å². The molecule has 0 aliphatic heterocycles. The van der Waals surface area contributed by atoms with Gasteiger partial charge in [-0.25, -0.2) is 4.57 Å². The van der Waals surface area contributed by atoms with Crippen LogP contribution in [0, 0.1) is 0 Å². The fourth-order valence-corrected chi connectivity index (χ4v) is 7.78. The largest absolute Gasteiger partial charge is 0.472 e. The molecule has 0 spiro atoms. The molecule has 11 heteroatoms. The van der Waals surface area contributed by atoms with Crippen LogP contribution in [0.2, 0.25) is 0 Å². The molecule has 0 radical (unpaired) electrons. The van der Waals surface area contributed by atoms with Gasteiger partial charge in [-0.2, -0.15) is 0 Å². The molecule has 10 nitrogen and oxygen atoms in total. The second-order valence-corrected chi connectivity index (χ2v) is 18.6. The highest BCUT2D eigenvalue weighted by molar-refractivity contribution is 7.47. The maximum Gasteiger partial charge on any atom is 0.472 e. The lowest BCUT2D eigenvalue weighted by Crippen LogP contribution is -2.29. The summed E-state index contributed by atoms with van der Waals surface area (Å²) in [6, 6.07) is 0. The van der Waals surface area contributed by atoms with Crippen molar-refractivity contribution in [1.29, 1.82) is 0 Å². The number of carbonyl (C=O) groups excluding carboxylic acids is 2. The summed E-state index contributed by atoms with van der Waals surface area (Å²) in [6.07, 6.45) is 53.8. The predicted octanol–water partition coefficient (Wildman–Crippen LogP) is 14.5. The molecule has 0 bridgehead atoms. The predicted molar refractivity (Wildman–Crippen MR) is 261 cm³/mol. The van der Waals surface area contributed by atoms with E-state index in [1.807, 2.05) is 0 Å². The van der Waals surface area contributed by atoms with E-state index in [1.165, 1.54) is 128 Å². The zero-order valence-corrected chi connectivity index (χ0v) is 41.2. The number of hydrogen-bond acceptors (Lipinski definition) is 9. The van der Waals surface area contributed by atoms with Gasteiger partial charge in [-0.05, 0) is 77.0 Å². The van der Waals surface area contributed by atoms with E-state index in [4.69, 9.17) is 23.6 Å². The lowest BCUT2D eigenvalue weighted by Gasteiger charge is -2.20. The molecule has 368 valence electrons. The summed E-state index contributed by atoms with van der Waals surface area (Å²) < 4.78 is 32.8. The average Bonchev–Trinajstić information content (AvgIpc) is 3.27. The van der Waals surface area contributed by atoms with Crippen LogP contribution in [0.3, 0.4) is 0 Å². The van der Waals surface area contributed by atoms with Crippen molar-refractivity contribution in [2.75, 3.05) is 26.4 Å². The van der Waals surface area contributed by atoms with E-state index < -0.39 is 51.8 Å². The second kappa shape index (κ2) is 47.9. The number of hydrogen-bond donors (Lipinski definition) is 3. The third kappa shape index (κ3) is 47.7. The van der Waals surface area contributed by atoms with Crippen LogP contribution in [0.5, 0.6) is 0 Å². The lowest BCUT2D eigenvalue weighted by molar-refractivity contribution is -0.161. The van der Waals surface area contributed by atoms with Crippen molar-refractivity contribution in [3.05, 3.63) is 48.6 Å². The highest BCUT2D eigenvalue weighted by atomic mass is 31.2. The fraction of sp³-hybridized carbons (Fsp3) is 0.808. The van der Waals surface area contributed by atoms with Crippen molar-refractivity contribution < 1.29 is 47.8 Å². The van der Waals surface area contributed by atoms with Gasteiger partial charge in [-0.3, -0.25) is 18.6 Å². The Hall–Kier alpha value is -2.07. The molecule has 3 N–H and O–H groups in total. The average molecular weight is 911 g/mol. The van der Waals surface area contributed by atoms with Gasteiger partial charge >= 0.3 is 19.8 Å². The summed E-state index contributed by atoms with van der Waals surface area (Å²) in [7, 11) is -4.63. The highest BCUT2D eigenvalue weighted by Crippen LogP contribution is 2.43. The van der Waals surface area contributed by atoms with Crippen LogP contribution in [0.4, 0.5) is 0 Å². The van der Waals surface area contributed by atoms with Crippen LogP contribution in [0.1, 0.15) is 232 Å². The standard InChI is InChI=1S/C52H95O10P/c1-3-5-7-9-11-13-15-17-19-21-22-23-24-25-26-28-29-31-33-35-37-39-41-43-51(55)59-47-50(48-61-63(57,58)60-46-49(54)45-53)62-52(56)44-42-40-38-36-34-32-30-27-20-18-16-14-12-10-8-6-4-2/h12,14,18,20,28-29,35,37,49-50,53-54H,3-11,13,15-17,19,21-27,30-34,36,38-48H2,1-2H3,(H,57,58)/b14-12+,20-18+,29-28+,37-35+/t49-,50+/m1/s1. The second-order valence-electron chi connectivity index (χ2n) is 17.2. The molecular formula is C52H95O10P. The Morgan fingerprint density at radius 1 is 0.476 bits per heavy atom. The molecule has 0 aromatic carbocycles. The topological polar surface area (TPSA) is 149 Å². The van der Waals surface area contributed by atoms with E-state index in [2.05, 4.69) is 62.5 Å². The Balaban J connectivity index is 4.23. The molecule has 0 rings (SSSR count). The lowest BCUT2D eigenvalue weighted by atomic mass is 10.0. The van der Waals surface area contributed by atoms with Crippen LogP contribution in [0.15, 0.2) is 48.6 Å². The van der Waals surface area contributed by atoms with Crippen LogP contribution in [-0.2, 0) is 32.7 Å². The van der Waals surface area contributed by atoms with Gasteiger partial charge in [0.25, 0.3) is 0 Å². The number of phosphoric ester groups is 1. The van der Waals surface area contributed by atoms with E-state index in [0.29, 0.717) is 12.8 Å². The van der Waals surface area contributed by atoms with Gasteiger partial charge < -0.3 is 24.6 Å². The van der Waals surface area contributed by atoms with Crippen LogP contribution in [-0.4, -0.2) is 65.7 Å². The SMILES string of the molecule is CCCCC/C=C/C/C=C/CCCCCCCCCC(=O)O[C@@H](COC(=O)CCC/C=C/CC/C=C/CCCCCCCCCCCCCCCC)COP(=O)(O)OC[C@H](O)CO. The fourth-order valence-electron chi connectivity index (χ4n) is 6.99. The van der Waals surface area contributed by atoms with Crippen LogP contribution < -0.4 is 0 Å². The molecule has 0 amide bonds. The minimum absolute atomic E-state index is 0.167.